The number of hydrogen-bond acceptors (Lipinski definition) is 2. The molecule has 92 valence electrons. The van der Waals surface area contributed by atoms with Crippen molar-refractivity contribution < 1.29 is 4.79 Å². The van der Waals surface area contributed by atoms with E-state index in [0.29, 0.717) is 12.0 Å². The predicted octanol–water partition coefficient (Wildman–Crippen LogP) is 1.78. The fourth-order valence-corrected chi connectivity index (χ4v) is 2.63. The first-order valence-corrected chi connectivity index (χ1v) is 6.79. The summed E-state index contributed by atoms with van der Waals surface area (Å²) in [5, 5.41) is 3.07. The predicted molar refractivity (Wildman–Crippen MR) is 65.2 cm³/mol. The molecule has 2 rings (SSSR count). The van der Waals surface area contributed by atoms with Gasteiger partial charge in [0, 0.05) is 25.0 Å². The van der Waals surface area contributed by atoms with E-state index in [0.717, 1.165) is 25.9 Å². The molecule has 1 saturated carbocycles. The molecule has 0 aromatic carbocycles. The van der Waals surface area contributed by atoms with Gasteiger partial charge in [-0.05, 0) is 39.2 Å². The van der Waals surface area contributed by atoms with Crippen LogP contribution in [0, 0.1) is 5.92 Å². The third-order valence-electron chi connectivity index (χ3n) is 4.11. The molecular formula is C13H24N2O. The molecule has 2 fully saturated rings. The van der Waals surface area contributed by atoms with Crippen LogP contribution < -0.4 is 5.32 Å². The summed E-state index contributed by atoms with van der Waals surface area (Å²) < 4.78 is 0. The van der Waals surface area contributed by atoms with Crippen LogP contribution >= 0.6 is 0 Å². The molecule has 0 spiro atoms. The standard InChI is InChI=1S/C13H24N2O/c1-11-5-2-3-9-15(11)10-8-14-13(16)12-6-4-7-12/h11-12H,2-10H2,1H3,(H,14,16). The normalized spacial score (nSPS) is 27.4. The lowest BCUT2D eigenvalue weighted by Gasteiger charge is -2.33. The molecule has 1 aliphatic heterocycles. The Kier molecular flexibility index (Phi) is 4.22. The minimum absolute atomic E-state index is 0.288. The highest BCUT2D eigenvalue weighted by Crippen LogP contribution is 2.26. The van der Waals surface area contributed by atoms with Crippen LogP contribution in [0.2, 0.25) is 0 Å². The number of hydrogen-bond donors (Lipinski definition) is 1. The van der Waals surface area contributed by atoms with E-state index in [2.05, 4.69) is 17.1 Å². The Bertz CT molecular complexity index is 238. The van der Waals surface area contributed by atoms with E-state index in [1.165, 1.54) is 32.2 Å². The SMILES string of the molecule is CC1CCCCN1CCNC(=O)C1CCC1. The summed E-state index contributed by atoms with van der Waals surface area (Å²) in [6.45, 7) is 5.37. The minimum atomic E-state index is 0.288. The first-order chi connectivity index (χ1) is 7.77. The Hall–Kier alpha value is -0.570. The van der Waals surface area contributed by atoms with Crippen molar-refractivity contribution in [3.05, 3.63) is 0 Å². The maximum atomic E-state index is 11.6. The van der Waals surface area contributed by atoms with E-state index >= 15 is 0 Å². The van der Waals surface area contributed by atoms with Crippen LogP contribution in [-0.2, 0) is 4.79 Å². The Morgan fingerprint density at radius 3 is 2.69 bits per heavy atom. The van der Waals surface area contributed by atoms with Crippen LogP contribution in [0.4, 0.5) is 0 Å². The van der Waals surface area contributed by atoms with Crippen LogP contribution in [0.15, 0.2) is 0 Å². The highest BCUT2D eigenvalue weighted by Gasteiger charge is 2.25. The fourth-order valence-electron chi connectivity index (χ4n) is 2.63. The molecule has 0 radical (unpaired) electrons. The van der Waals surface area contributed by atoms with Gasteiger partial charge in [-0.3, -0.25) is 9.69 Å². The van der Waals surface area contributed by atoms with Crippen LogP contribution in [0.1, 0.15) is 45.4 Å². The van der Waals surface area contributed by atoms with Crippen LogP contribution in [0.5, 0.6) is 0 Å². The lowest BCUT2D eigenvalue weighted by Crippen LogP contribution is -2.44. The molecule has 1 unspecified atom stereocenters. The molecule has 0 aromatic rings. The molecule has 1 atom stereocenters. The molecule has 2 aliphatic rings. The summed E-state index contributed by atoms with van der Waals surface area (Å²) in [4.78, 5) is 14.1. The molecule has 1 heterocycles. The van der Waals surface area contributed by atoms with Crippen LogP contribution in [0.3, 0.4) is 0 Å². The zero-order valence-electron chi connectivity index (χ0n) is 10.4. The second-order valence-electron chi connectivity index (χ2n) is 5.30. The van der Waals surface area contributed by atoms with E-state index in [1.807, 2.05) is 0 Å². The molecule has 16 heavy (non-hydrogen) atoms. The highest BCUT2D eigenvalue weighted by molar-refractivity contribution is 5.79. The van der Waals surface area contributed by atoms with E-state index in [4.69, 9.17) is 0 Å². The topological polar surface area (TPSA) is 32.3 Å². The maximum absolute atomic E-state index is 11.6. The maximum Gasteiger partial charge on any atom is 0.223 e. The van der Waals surface area contributed by atoms with Crippen LogP contribution in [0.25, 0.3) is 0 Å². The largest absolute Gasteiger partial charge is 0.355 e. The molecule has 1 aliphatic carbocycles. The number of carbonyl (C=O) groups is 1. The molecule has 3 heteroatoms. The van der Waals surface area contributed by atoms with Crippen molar-refractivity contribution in [3.8, 4) is 0 Å². The Labute approximate surface area is 98.6 Å². The molecule has 3 nitrogen and oxygen atoms in total. The smallest absolute Gasteiger partial charge is 0.223 e. The Morgan fingerprint density at radius 1 is 1.25 bits per heavy atom. The van der Waals surface area contributed by atoms with Gasteiger partial charge in [0.05, 0.1) is 0 Å². The number of amides is 1. The van der Waals surface area contributed by atoms with Gasteiger partial charge >= 0.3 is 0 Å². The minimum Gasteiger partial charge on any atom is -0.355 e. The molecule has 0 bridgehead atoms. The van der Waals surface area contributed by atoms with Gasteiger partial charge in [-0.25, -0.2) is 0 Å². The van der Waals surface area contributed by atoms with E-state index in [9.17, 15) is 4.79 Å². The van der Waals surface area contributed by atoms with Gasteiger partial charge in [-0.15, -0.1) is 0 Å². The van der Waals surface area contributed by atoms with Crippen LogP contribution in [-0.4, -0.2) is 36.5 Å². The van der Waals surface area contributed by atoms with E-state index < -0.39 is 0 Å². The summed E-state index contributed by atoms with van der Waals surface area (Å²) in [5.41, 5.74) is 0. The Balaban J connectivity index is 1.61. The van der Waals surface area contributed by atoms with Crippen molar-refractivity contribution in [1.29, 1.82) is 0 Å². The second-order valence-corrected chi connectivity index (χ2v) is 5.30. The monoisotopic (exact) mass is 224 g/mol. The van der Waals surface area contributed by atoms with Gasteiger partial charge in [0.2, 0.25) is 5.91 Å². The highest BCUT2D eigenvalue weighted by atomic mass is 16.1. The van der Waals surface area contributed by atoms with Crippen molar-refractivity contribution in [2.45, 2.75) is 51.5 Å². The first kappa shape index (κ1) is 11.9. The zero-order chi connectivity index (χ0) is 11.4. The summed E-state index contributed by atoms with van der Waals surface area (Å²) >= 11 is 0. The van der Waals surface area contributed by atoms with E-state index in [1.54, 1.807) is 0 Å². The summed E-state index contributed by atoms with van der Waals surface area (Å²) in [7, 11) is 0. The lowest BCUT2D eigenvalue weighted by atomic mass is 9.85. The van der Waals surface area contributed by atoms with Gasteiger partial charge in [-0.2, -0.15) is 0 Å². The molecule has 1 saturated heterocycles. The van der Waals surface area contributed by atoms with Crippen molar-refractivity contribution in [2.75, 3.05) is 19.6 Å². The third-order valence-corrected chi connectivity index (χ3v) is 4.11. The number of piperidine rings is 1. The number of rotatable bonds is 4. The molecule has 0 aromatic heterocycles. The van der Waals surface area contributed by atoms with Gasteiger partial charge in [0.1, 0.15) is 0 Å². The average molecular weight is 224 g/mol. The van der Waals surface area contributed by atoms with Crippen molar-refractivity contribution in [3.63, 3.8) is 0 Å². The third kappa shape index (κ3) is 2.97. The zero-order valence-corrected chi connectivity index (χ0v) is 10.4. The first-order valence-electron chi connectivity index (χ1n) is 6.79. The Morgan fingerprint density at radius 2 is 2.06 bits per heavy atom. The number of carbonyl (C=O) groups excluding carboxylic acids is 1. The molecule has 1 N–H and O–H groups in total. The van der Waals surface area contributed by atoms with Crippen molar-refractivity contribution in [2.24, 2.45) is 5.92 Å². The van der Waals surface area contributed by atoms with Crippen molar-refractivity contribution in [1.82, 2.24) is 10.2 Å². The lowest BCUT2D eigenvalue weighted by molar-refractivity contribution is -0.127. The quantitative estimate of drug-likeness (QED) is 0.789. The second kappa shape index (κ2) is 5.67. The molecular weight excluding hydrogens is 200 g/mol. The number of likely N-dealkylation sites (tertiary alicyclic amines) is 1. The van der Waals surface area contributed by atoms with Gasteiger partial charge in [0.25, 0.3) is 0 Å². The fraction of sp³-hybridized carbons (Fsp3) is 0.923. The van der Waals surface area contributed by atoms with Crippen molar-refractivity contribution >= 4 is 5.91 Å². The van der Waals surface area contributed by atoms with E-state index in [-0.39, 0.29) is 5.91 Å². The number of nitrogens with one attached hydrogen (secondary N) is 1. The van der Waals surface area contributed by atoms with Gasteiger partial charge < -0.3 is 5.32 Å². The molecule has 1 amide bonds. The summed E-state index contributed by atoms with van der Waals surface area (Å²) in [6.07, 6.45) is 7.45. The summed E-state index contributed by atoms with van der Waals surface area (Å²) in [6, 6.07) is 0.703. The summed E-state index contributed by atoms with van der Waals surface area (Å²) in [5.74, 6) is 0.620. The average Bonchev–Trinajstić information content (AvgIpc) is 2.18. The van der Waals surface area contributed by atoms with Gasteiger partial charge in [-0.1, -0.05) is 12.8 Å². The number of nitrogens with zero attached hydrogens (tertiary/aromatic N) is 1. The van der Waals surface area contributed by atoms with Gasteiger partial charge in [0.15, 0.2) is 0 Å².